The summed E-state index contributed by atoms with van der Waals surface area (Å²) in [7, 11) is -3.53. The van der Waals surface area contributed by atoms with Crippen LogP contribution < -0.4 is 4.90 Å². The summed E-state index contributed by atoms with van der Waals surface area (Å²) in [4.78, 5) is 20.5. The molecule has 5 rings (SSSR count). The van der Waals surface area contributed by atoms with Gasteiger partial charge in [-0.3, -0.25) is 9.97 Å². The van der Waals surface area contributed by atoms with Crippen LogP contribution in [0.5, 0.6) is 0 Å². The molecule has 0 bridgehead atoms. The Morgan fingerprint density at radius 1 is 1.13 bits per heavy atom. The number of pyridine rings is 2. The summed E-state index contributed by atoms with van der Waals surface area (Å²) in [5.74, 6) is 1.10. The Morgan fingerprint density at radius 3 is 2.80 bits per heavy atom. The summed E-state index contributed by atoms with van der Waals surface area (Å²) in [6, 6.07) is 7.34. The number of hydrogen-bond acceptors (Lipinski definition) is 8. The molecule has 0 N–H and O–H groups in total. The normalized spacial score (nSPS) is 17.7. The van der Waals surface area contributed by atoms with Gasteiger partial charge in [-0.05, 0) is 31.2 Å². The van der Waals surface area contributed by atoms with Crippen LogP contribution in [0, 0.1) is 0 Å². The van der Waals surface area contributed by atoms with Gasteiger partial charge in [0, 0.05) is 30.7 Å². The van der Waals surface area contributed by atoms with Crippen LogP contribution in [0.15, 0.2) is 42.9 Å². The Kier molecular flexibility index (Phi) is 4.40. The molecule has 5 heterocycles. The number of morpholine rings is 1. The maximum atomic E-state index is 12.4. The highest BCUT2D eigenvalue weighted by molar-refractivity contribution is 7.89. The van der Waals surface area contributed by atoms with E-state index in [9.17, 15) is 8.42 Å². The maximum absolute atomic E-state index is 12.4. The third-order valence-corrected chi connectivity index (χ3v) is 6.23. The second kappa shape index (κ2) is 6.99. The van der Waals surface area contributed by atoms with Crippen molar-refractivity contribution in [3.05, 3.63) is 42.9 Å². The van der Waals surface area contributed by atoms with E-state index in [4.69, 9.17) is 9.72 Å². The Labute approximate surface area is 173 Å². The van der Waals surface area contributed by atoms with Crippen LogP contribution in [-0.2, 0) is 14.8 Å². The van der Waals surface area contributed by atoms with E-state index in [0.29, 0.717) is 53.5 Å². The molecule has 0 aromatic carbocycles. The van der Waals surface area contributed by atoms with Crippen molar-refractivity contribution in [3.63, 3.8) is 0 Å². The first-order valence-corrected chi connectivity index (χ1v) is 11.4. The number of nitrogens with zero attached hydrogens (tertiary/aromatic N) is 6. The molecular formula is C20H20N6O3S. The van der Waals surface area contributed by atoms with Crippen molar-refractivity contribution in [2.75, 3.05) is 30.9 Å². The second-order valence-corrected chi connectivity index (χ2v) is 9.19. The van der Waals surface area contributed by atoms with E-state index in [2.05, 4.69) is 26.8 Å². The molecule has 0 unspecified atom stereocenters. The molecule has 154 valence electrons. The van der Waals surface area contributed by atoms with Gasteiger partial charge in [0.25, 0.3) is 0 Å². The van der Waals surface area contributed by atoms with E-state index in [-0.39, 0.29) is 6.04 Å². The fourth-order valence-corrected chi connectivity index (χ4v) is 4.52. The summed E-state index contributed by atoms with van der Waals surface area (Å²) in [6.07, 6.45) is 6.06. The van der Waals surface area contributed by atoms with Gasteiger partial charge < -0.3 is 9.64 Å². The van der Waals surface area contributed by atoms with E-state index in [1.165, 1.54) is 10.2 Å². The third-order valence-electron chi connectivity index (χ3n) is 5.23. The van der Waals surface area contributed by atoms with Crippen molar-refractivity contribution in [2.24, 2.45) is 0 Å². The average molecular weight is 424 g/mol. The predicted octanol–water partition coefficient (Wildman–Crippen LogP) is 2.07. The molecule has 1 aliphatic rings. The van der Waals surface area contributed by atoms with Gasteiger partial charge in [-0.25, -0.2) is 22.4 Å². The minimum absolute atomic E-state index is 0.0959. The van der Waals surface area contributed by atoms with E-state index < -0.39 is 10.0 Å². The maximum Gasteiger partial charge on any atom is 0.237 e. The van der Waals surface area contributed by atoms with E-state index in [0.717, 1.165) is 11.8 Å². The van der Waals surface area contributed by atoms with Crippen LogP contribution in [0.25, 0.3) is 33.5 Å². The fraction of sp³-hybridized carbons (Fsp3) is 0.300. The van der Waals surface area contributed by atoms with Crippen molar-refractivity contribution in [2.45, 2.75) is 13.0 Å². The number of anilines is 1. The zero-order valence-electron chi connectivity index (χ0n) is 16.6. The summed E-state index contributed by atoms with van der Waals surface area (Å²) in [5.41, 5.74) is 2.43. The van der Waals surface area contributed by atoms with Crippen LogP contribution in [0.3, 0.4) is 0 Å². The zero-order valence-corrected chi connectivity index (χ0v) is 17.4. The second-order valence-electron chi connectivity index (χ2n) is 7.33. The highest BCUT2D eigenvalue weighted by Crippen LogP contribution is 2.32. The monoisotopic (exact) mass is 424 g/mol. The van der Waals surface area contributed by atoms with Crippen LogP contribution in [0.1, 0.15) is 6.92 Å². The van der Waals surface area contributed by atoms with Gasteiger partial charge in [-0.2, -0.15) is 0 Å². The lowest BCUT2D eigenvalue weighted by atomic mass is 10.1. The van der Waals surface area contributed by atoms with Crippen LogP contribution in [0.4, 0.5) is 5.82 Å². The third kappa shape index (κ3) is 3.08. The molecular weight excluding hydrogens is 404 g/mol. The van der Waals surface area contributed by atoms with Gasteiger partial charge in [-0.1, -0.05) is 0 Å². The summed E-state index contributed by atoms with van der Waals surface area (Å²) < 4.78 is 31.5. The molecule has 1 saturated heterocycles. The van der Waals surface area contributed by atoms with E-state index >= 15 is 0 Å². The lowest BCUT2D eigenvalue weighted by Gasteiger charge is -2.34. The molecule has 4 aromatic rings. The minimum Gasteiger partial charge on any atom is -0.377 e. The number of ether oxygens (including phenoxy) is 1. The van der Waals surface area contributed by atoms with Crippen molar-refractivity contribution in [1.29, 1.82) is 0 Å². The summed E-state index contributed by atoms with van der Waals surface area (Å²) >= 11 is 0. The molecule has 1 fully saturated rings. The fourth-order valence-electron chi connectivity index (χ4n) is 3.78. The Bertz CT molecular complexity index is 1360. The van der Waals surface area contributed by atoms with Crippen LogP contribution >= 0.6 is 0 Å². The van der Waals surface area contributed by atoms with Gasteiger partial charge in [0.2, 0.25) is 10.0 Å². The average Bonchev–Trinajstić information content (AvgIpc) is 3.18. The summed E-state index contributed by atoms with van der Waals surface area (Å²) in [6.45, 7) is 3.88. The first-order valence-electron chi connectivity index (χ1n) is 9.57. The molecule has 0 amide bonds. The van der Waals surface area contributed by atoms with Gasteiger partial charge in [0.15, 0.2) is 11.5 Å². The van der Waals surface area contributed by atoms with Gasteiger partial charge in [-0.15, -0.1) is 0 Å². The Balaban J connectivity index is 1.82. The lowest BCUT2D eigenvalue weighted by Crippen LogP contribution is -2.44. The lowest BCUT2D eigenvalue weighted by molar-refractivity contribution is 0.0987. The molecule has 1 aliphatic heterocycles. The van der Waals surface area contributed by atoms with Crippen molar-refractivity contribution >= 4 is 37.9 Å². The quantitative estimate of drug-likeness (QED) is 0.492. The molecule has 0 saturated carbocycles. The van der Waals surface area contributed by atoms with Crippen molar-refractivity contribution in [1.82, 2.24) is 23.9 Å². The zero-order chi connectivity index (χ0) is 20.9. The molecule has 30 heavy (non-hydrogen) atoms. The molecule has 4 aromatic heterocycles. The topological polar surface area (TPSA) is 103 Å². The van der Waals surface area contributed by atoms with Gasteiger partial charge in [0.1, 0.15) is 5.82 Å². The smallest absolute Gasteiger partial charge is 0.237 e. The predicted molar refractivity (Wildman–Crippen MR) is 114 cm³/mol. The molecule has 10 heteroatoms. The van der Waals surface area contributed by atoms with Gasteiger partial charge in [0.05, 0.1) is 41.9 Å². The molecule has 0 spiro atoms. The number of fused-ring (bicyclic) bond motifs is 2. The van der Waals surface area contributed by atoms with E-state index in [1.807, 2.05) is 12.1 Å². The standard InChI is InChI=1S/C20H20N6O3S/c1-13-12-29-11-10-25(13)19-15-6-9-26(30(2,27)28)20(15)24-18(23-19)14-5-8-21-16-4-3-7-22-17(14)16/h3-9,13H,10-12H2,1-2H3/t13-/m1/s1. The highest BCUT2D eigenvalue weighted by atomic mass is 32.2. The van der Waals surface area contributed by atoms with Crippen LogP contribution in [0.2, 0.25) is 0 Å². The first-order chi connectivity index (χ1) is 14.4. The Morgan fingerprint density at radius 2 is 2.00 bits per heavy atom. The number of hydrogen-bond donors (Lipinski definition) is 0. The van der Waals surface area contributed by atoms with E-state index in [1.54, 1.807) is 24.5 Å². The molecule has 9 nitrogen and oxygen atoms in total. The minimum atomic E-state index is -3.53. The Hall–Kier alpha value is -3.11. The first kappa shape index (κ1) is 18.9. The largest absolute Gasteiger partial charge is 0.377 e. The van der Waals surface area contributed by atoms with Gasteiger partial charge >= 0.3 is 0 Å². The molecule has 0 aliphatic carbocycles. The van der Waals surface area contributed by atoms with Crippen molar-refractivity contribution < 1.29 is 13.2 Å². The summed E-state index contributed by atoms with van der Waals surface area (Å²) in [5, 5.41) is 0.684. The molecule has 1 atom stereocenters. The molecule has 0 radical (unpaired) electrons. The highest BCUT2D eigenvalue weighted by Gasteiger charge is 2.26. The van der Waals surface area contributed by atoms with Crippen molar-refractivity contribution in [3.8, 4) is 11.4 Å². The van der Waals surface area contributed by atoms with Crippen LogP contribution in [-0.4, -0.2) is 64.4 Å². The number of aromatic nitrogens is 5. The number of rotatable bonds is 3. The SMILES string of the molecule is C[C@@H]1COCCN1c1nc(-c2ccnc3cccnc23)nc2c1ccn2S(C)(=O)=O.